The van der Waals surface area contributed by atoms with Crippen LogP contribution < -0.4 is 5.32 Å². The number of carbonyl (C=O) groups excluding carboxylic acids is 1. The molecule has 1 aliphatic heterocycles. The predicted octanol–water partition coefficient (Wildman–Crippen LogP) is 3.98. The van der Waals surface area contributed by atoms with Crippen LogP contribution in [-0.2, 0) is 24.2 Å². The van der Waals surface area contributed by atoms with E-state index in [1.54, 1.807) is 19.1 Å². The zero-order chi connectivity index (χ0) is 23.0. The lowest BCUT2D eigenvalue weighted by molar-refractivity contribution is -0.130. The van der Waals surface area contributed by atoms with Crippen molar-refractivity contribution in [2.24, 2.45) is 5.92 Å². The molecule has 3 aromatic rings. The van der Waals surface area contributed by atoms with E-state index in [0.717, 1.165) is 68.0 Å². The molecule has 4 rings (SSSR count). The van der Waals surface area contributed by atoms with Crippen LogP contribution >= 0.6 is 0 Å². The van der Waals surface area contributed by atoms with E-state index in [2.05, 4.69) is 28.5 Å². The lowest BCUT2D eigenvalue weighted by atomic mass is 10.1. The van der Waals surface area contributed by atoms with Crippen molar-refractivity contribution in [1.82, 2.24) is 20.2 Å². The standard InChI is InChI=1S/C27H32N4O2/c1-20(32)31(19-23-12-14-28-17-23)18-22-5-2-6-24(16-22)26-13-15-29-27(30-26)7-3-4-21-8-10-25(33)11-9-21/h2,5-6,8-11,13,15-16,23,28,33H,3-4,7,12,14,17-19H2,1H3. The molecular formula is C27H32N4O2. The number of benzene rings is 2. The molecule has 6 heteroatoms. The quantitative estimate of drug-likeness (QED) is 0.522. The highest BCUT2D eigenvalue weighted by atomic mass is 16.3. The fourth-order valence-corrected chi connectivity index (χ4v) is 4.33. The number of amides is 1. The number of aromatic nitrogens is 2. The minimum atomic E-state index is 0.116. The molecule has 1 saturated heterocycles. The minimum absolute atomic E-state index is 0.116. The van der Waals surface area contributed by atoms with E-state index in [1.807, 2.05) is 35.4 Å². The SMILES string of the molecule is CC(=O)N(Cc1cccc(-c2ccnc(CCCc3ccc(O)cc3)n2)c1)CC1CCNC1. The van der Waals surface area contributed by atoms with Crippen LogP contribution in [0.4, 0.5) is 0 Å². The van der Waals surface area contributed by atoms with Crippen LogP contribution in [0.15, 0.2) is 60.8 Å². The van der Waals surface area contributed by atoms with E-state index in [1.165, 1.54) is 5.56 Å². The molecule has 0 aliphatic carbocycles. The van der Waals surface area contributed by atoms with Crippen molar-refractivity contribution in [3.63, 3.8) is 0 Å². The van der Waals surface area contributed by atoms with Crippen LogP contribution in [0.25, 0.3) is 11.3 Å². The molecule has 1 amide bonds. The Morgan fingerprint density at radius 3 is 2.73 bits per heavy atom. The number of nitrogens with one attached hydrogen (secondary N) is 1. The van der Waals surface area contributed by atoms with Gasteiger partial charge in [-0.1, -0.05) is 30.3 Å². The Morgan fingerprint density at radius 1 is 1.12 bits per heavy atom. The second-order valence-electron chi connectivity index (χ2n) is 8.84. The molecule has 1 aromatic heterocycles. The van der Waals surface area contributed by atoms with Gasteiger partial charge >= 0.3 is 0 Å². The summed E-state index contributed by atoms with van der Waals surface area (Å²) in [5.41, 5.74) is 4.25. The molecule has 2 aromatic carbocycles. The smallest absolute Gasteiger partial charge is 0.219 e. The van der Waals surface area contributed by atoms with Gasteiger partial charge < -0.3 is 15.3 Å². The van der Waals surface area contributed by atoms with E-state index in [9.17, 15) is 9.90 Å². The third kappa shape index (κ3) is 6.62. The average Bonchev–Trinajstić information content (AvgIpc) is 3.34. The number of hydrogen-bond donors (Lipinski definition) is 2. The molecule has 172 valence electrons. The lowest BCUT2D eigenvalue weighted by Crippen LogP contribution is -2.34. The van der Waals surface area contributed by atoms with Gasteiger partial charge in [-0.05, 0) is 73.7 Å². The molecule has 1 atom stereocenters. The lowest BCUT2D eigenvalue weighted by Gasteiger charge is -2.24. The van der Waals surface area contributed by atoms with Gasteiger partial charge in [0.15, 0.2) is 0 Å². The summed E-state index contributed by atoms with van der Waals surface area (Å²) in [6.07, 6.45) is 5.60. The van der Waals surface area contributed by atoms with Gasteiger partial charge in [-0.25, -0.2) is 9.97 Å². The van der Waals surface area contributed by atoms with Crippen LogP contribution in [0, 0.1) is 5.92 Å². The van der Waals surface area contributed by atoms with Crippen LogP contribution in [0.2, 0.25) is 0 Å². The van der Waals surface area contributed by atoms with Gasteiger partial charge in [0, 0.05) is 38.2 Å². The first-order valence-corrected chi connectivity index (χ1v) is 11.7. The second kappa shape index (κ2) is 11.1. The van der Waals surface area contributed by atoms with Gasteiger partial charge in [-0.3, -0.25) is 4.79 Å². The molecule has 2 heterocycles. The summed E-state index contributed by atoms with van der Waals surface area (Å²) in [5, 5.41) is 12.8. The summed E-state index contributed by atoms with van der Waals surface area (Å²) in [5.74, 6) is 1.77. The summed E-state index contributed by atoms with van der Waals surface area (Å²) in [6, 6.07) is 17.6. The fourth-order valence-electron chi connectivity index (χ4n) is 4.33. The Bertz CT molecular complexity index is 1060. The largest absolute Gasteiger partial charge is 0.508 e. The van der Waals surface area contributed by atoms with Gasteiger partial charge in [0.2, 0.25) is 5.91 Å². The Kier molecular flexibility index (Phi) is 7.68. The minimum Gasteiger partial charge on any atom is -0.508 e. The highest BCUT2D eigenvalue weighted by molar-refractivity contribution is 5.73. The summed E-state index contributed by atoms with van der Waals surface area (Å²) < 4.78 is 0. The molecule has 1 unspecified atom stereocenters. The van der Waals surface area contributed by atoms with Crippen LogP contribution in [0.5, 0.6) is 5.75 Å². The summed E-state index contributed by atoms with van der Waals surface area (Å²) in [7, 11) is 0. The zero-order valence-corrected chi connectivity index (χ0v) is 19.2. The van der Waals surface area contributed by atoms with Crippen molar-refractivity contribution >= 4 is 5.91 Å². The molecule has 2 N–H and O–H groups in total. The summed E-state index contributed by atoms with van der Waals surface area (Å²) >= 11 is 0. The number of aryl methyl sites for hydroxylation is 2. The maximum Gasteiger partial charge on any atom is 0.219 e. The van der Waals surface area contributed by atoms with Crippen molar-refractivity contribution in [2.45, 2.75) is 39.2 Å². The maximum absolute atomic E-state index is 12.2. The molecule has 0 saturated carbocycles. The number of nitrogens with zero attached hydrogens (tertiary/aromatic N) is 3. The monoisotopic (exact) mass is 444 g/mol. The highest BCUT2D eigenvalue weighted by Gasteiger charge is 2.20. The van der Waals surface area contributed by atoms with E-state index < -0.39 is 0 Å². The maximum atomic E-state index is 12.2. The van der Waals surface area contributed by atoms with Crippen LogP contribution in [0.3, 0.4) is 0 Å². The summed E-state index contributed by atoms with van der Waals surface area (Å²) in [4.78, 5) is 23.4. The van der Waals surface area contributed by atoms with E-state index in [0.29, 0.717) is 18.2 Å². The zero-order valence-electron chi connectivity index (χ0n) is 19.2. The number of aromatic hydroxyl groups is 1. The van der Waals surface area contributed by atoms with Gasteiger partial charge in [0.25, 0.3) is 0 Å². The van der Waals surface area contributed by atoms with E-state index >= 15 is 0 Å². The first-order chi connectivity index (χ1) is 16.1. The third-order valence-corrected chi connectivity index (χ3v) is 6.19. The Balaban J connectivity index is 1.39. The summed E-state index contributed by atoms with van der Waals surface area (Å²) in [6.45, 7) is 5.09. The van der Waals surface area contributed by atoms with Crippen LogP contribution in [0.1, 0.15) is 36.7 Å². The van der Waals surface area contributed by atoms with Crippen molar-refractivity contribution in [3.05, 3.63) is 77.7 Å². The Labute approximate surface area is 195 Å². The van der Waals surface area contributed by atoms with Crippen molar-refractivity contribution in [2.75, 3.05) is 19.6 Å². The molecular weight excluding hydrogens is 412 g/mol. The molecule has 0 bridgehead atoms. The number of rotatable bonds is 9. The van der Waals surface area contributed by atoms with Gasteiger partial charge in [0.05, 0.1) is 5.69 Å². The second-order valence-corrected chi connectivity index (χ2v) is 8.84. The van der Waals surface area contributed by atoms with Gasteiger partial charge in [0.1, 0.15) is 11.6 Å². The predicted molar refractivity (Wildman–Crippen MR) is 130 cm³/mol. The first-order valence-electron chi connectivity index (χ1n) is 11.7. The van der Waals surface area contributed by atoms with E-state index in [4.69, 9.17) is 4.98 Å². The molecule has 1 aliphatic rings. The van der Waals surface area contributed by atoms with E-state index in [-0.39, 0.29) is 5.91 Å². The first kappa shape index (κ1) is 22.9. The number of carbonyl (C=O) groups is 1. The van der Waals surface area contributed by atoms with Crippen LogP contribution in [-0.4, -0.2) is 45.5 Å². The Hall–Kier alpha value is -3.25. The van der Waals surface area contributed by atoms with Gasteiger partial charge in [-0.15, -0.1) is 0 Å². The molecule has 33 heavy (non-hydrogen) atoms. The Morgan fingerprint density at radius 2 is 1.97 bits per heavy atom. The molecule has 6 nitrogen and oxygen atoms in total. The van der Waals surface area contributed by atoms with Crippen molar-refractivity contribution < 1.29 is 9.90 Å². The topological polar surface area (TPSA) is 78.4 Å². The number of phenolic OH excluding ortho intramolecular Hbond substituents is 1. The third-order valence-electron chi connectivity index (χ3n) is 6.19. The molecule has 1 fully saturated rings. The highest BCUT2D eigenvalue weighted by Crippen LogP contribution is 2.21. The normalized spacial score (nSPS) is 15.5. The fraction of sp³-hybridized carbons (Fsp3) is 0.370. The molecule has 0 spiro atoms. The van der Waals surface area contributed by atoms with Crippen molar-refractivity contribution in [1.29, 1.82) is 0 Å². The number of hydrogen-bond acceptors (Lipinski definition) is 5. The van der Waals surface area contributed by atoms with Gasteiger partial charge in [-0.2, -0.15) is 0 Å². The number of phenols is 1. The van der Waals surface area contributed by atoms with Crippen molar-refractivity contribution in [3.8, 4) is 17.0 Å². The molecule has 0 radical (unpaired) electrons. The average molecular weight is 445 g/mol.